The van der Waals surface area contributed by atoms with Crippen molar-refractivity contribution in [1.29, 1.82) is 0 Å². The van der Waals surface area contributed by atoms with Gasteiger partial charge in [0.1, 0.15) is 0 Å². The third kappa shape index (κ3) is 7.73. The molecular weight excluding hydrogens is 372 g/mol. The highest BCUT2D eigenvalue weighted by Gasteiger charge is 2.43. The number of hydrogen-bond donors (Lipinski definition) is 0. The molecule has 2 rings (SSSR count). The van der Waals surface area contributed by atoms with E-state index in [4.69, 9.17) is 8.85 Å². The summed E-state index contributed by atoms with van der Waals surface area (Å²) in [5.41, 5.74) is 0. The molecular formula is C26H40O2Si. The first kappa shape index (κ1) is 23.9. The van der Waals surface area contributed by atoms with E-state index in [1.54, 1.807) is 0 Å². The molecule has 0 aliphatic heterocycles. The van der Waals surface area contributed by atoms with Crippen molar-refractivity contribution in [2.24, 2.45) is 0 Å². The maximum absolute atomic E-state index is 6.90. The topological polar surface area (TPSA) is 18.5 Å². The Bertz CT molecular complexity index is 605. The van der Waals surface area contributed by atoms with Crippen molar-refractivity contribution in [3.8, 4) is 0 Å². The summed E-state index contributed by atoms with van der Waals surface area (Å²) >= 11 is 0. The predicted octanol–water partition coefficient (Wildman–Crippen LogP) is 6.22. The highest BCUT2D eigenvalue weighted by molar-refractivity contribution is 6.92. The van der Waals surface area contributed by atoms with Gasteiger partial charge in [-0.15, -0.1) is 0 Å². The van der Waals surface area contributed by atoms with E-state index in [0.717, 1.165) is 25.9 Å². The molecule has 2 aromatic carbocycles. The van der Waals surface area contributed by atoms with Crippen molar-refractivity contribution in [2.45, 2.75) is 84.7 Å². The summed E-state index contributed by atoms with van der Waals surface area (Å²) in [6, 6.07) is 21.3. The molecule has 0 aliphatic rings. The molecule has 29 heavy (non-hydrogen) atoms. The Morgan fingerprint density at radius 3 is 1.76 bits per heavy atom. The van der Waals surface area contributed by atoms with E-state index in [9.17, 15) is 0 Å². The smallest absolute Gasteiger partial charge is 0.388 e. The van der Waals surface area contributed by atoms with Crippen molar-refractivity contribution in [3.05, 3.63) is 60.7 Å². The second-order valence-electron chi connectivity index (χ2n) is 8.04. The minimum Gasteiger partial charge on any atom is -0.388 e. The van der Waals surface area contributed by atoms with Gasteiger partial charge in [-0.3, -0.25) is 0 Å². The van der Waals surface area contributed by atoms with Crippen LogP contribution in [0.4, 0.5) is 0 Å². The van der Waals surface area contributed by atoms with Crippen molar-refractivity contribution in [2.75, 3.05) is 6.61 Å². The van der Waals surface area contributed by atoms with Crippen LogP contribution in [0.5, 0.6) is 0 Å². The van der Waals surface area contributed by atoms with Gasteiger partial charge in [0, 0.05) is 12.7 Å². The zero-order valence-electron chi connectivity index (χ0n) is 18.7. The Labute approximate surface area is 179 Å². The second-order valence-corrected chi connectivity index (χ2v) is 10.9. The molecule has 0 heterocycles. The third-order valence-corrected chi connectivity index (χ3v) is 8.97. The molecule has 0 radical (unpaired) electrons. The van der Waals surface area contributed by atoms with E-state index in [-0.39, 0.29) is 6.10 Å². The second kappa shape index (κ2) is 13.7. The first-order valence-corrected chi connectivity index (χ1v) is 13.5. The fourth-order valence-corrected chi connectivity index (χ4v) is 7.12. The highest BCUT2D eigenvalue weighted by Crippen LogP contribution is 2.17. The summed E-state index contributed by atoms with van der Waals surface area (Å²) in [6.07, 6.45) is 11.4. The Morgan fingerprint density at radius 1 is 0.690 bits per heavy atom. The molecule has 0 amide bonds. The molecule has 0 aromatic heterocycles. The largest absolute Gasteiger partial charge is 0.407 e. The monoisotopic (exact) mass is 412 g/mol. The van der Waals surface area contributed by atoms with Gasteiger partial charge in [-0.05, 0) is 30.1 Å². The summed E-state index contributed by atoms with van der Waals surface area (Å²) in [6.45, 7) is 7.45. The molecule has 2 aromatic rings. The normalized spacial score (nSPS) is 12.8. The van der Waals surface area contributed by atoms with Gasteiger partial charge in [-0.1, -0.05) is 119 Å². The van der Waals surface area contributed by atoms with Crippen LogP contribution < -0.4 is 10.4 Å². The Balaban J connectivity index is 2.16. The molecule has 0 fully saturated rings. The molecule has 0 aliphatic carbocycles. The Kier molecular flexibility index (Phi) is 11.3. The average molecular weight is 413 g/mol. The van der Waals surface area contributed by atoms with Crippen LogP contribution in [0.3, 0.4) is 0 Å². The summed E-state index contributed by atoms with van der Waals surface area (Å²) in [5, 5.41) is 2.41. The zero-order chi connectivity index (χ0) is 20.8. The van der Waals surface area contributed by atoms with Crippen LogP contribution in [0.1, 0.15) is 78.6 Å². The van der Waals surface area contributed by atoms with Gasteiger partial charge in [-0.25, -0.2) is 0 Å². The van der Waals surface area contributed by atoms with Gasteiger partial charge in [0.15, 0.2) is 0 Å². The molecule has 160 valence electrons. The molecule has 1 atom stereocenters. The van der Waals surface area contributed by atoms with E-state index in [2.05, 4.69) is 81.4 Å². The molecule has 3 heteroatoms. The lowest BCUT2D eigenvalue weighted by atomic mass is 10.1. The van der Waals surface area contributed by atoms with Gasteiger partial charge in [0.05, 0.1) is 0 Å². The SMILES string of the molecule is CCCCCCCCC(C)O[Si](OCCCC)(c1ccccc1)c1ccccc1. The van der Waals surface area contributed by atoms with Crippen LogP contribution >= 0.6 is 0 Å². The minimum absolute atomic E-state index is 0.190. The number of rotatable bonds is 15. The van der Waals surface area contributed by atoms with E-state index in [0.29, 0.717) is 0 Å². The van der Waals surface area contributed by atoms with Gasteiger partial charge in [-0.2, -0.15) is 0 Å². The number of unbranched alkanes of at least 4 members (excludes halogenated alkanes) is 6. The van der Waals surface area contributed by atoms with Crippen LogP contribution in [0, 0.1) is 0 Å². The Morgan fingerprint density at radius 2 is 1.21 bits per heavy atom. The standard InChI is InChI=1S/C26H40O2Si/c1-4-6-8-9-10-13-18-24(3)28-29(27-23-7-5-2,25-19-14-11-15-20-25)26-21-16-12-17-22-26/h11-12,14-17,19-22,24H,4-10,13,18,23H2,1-3H3. The minimum atomic E-state index is -2.73. The molecule has 1 unspecified atom stereocenters. The lowest BCUT2D eigenvalue weighted by molar-refractivity contribution is 0.132. The van der Waals surface area contributed by atoms with E-state index >= 15 is 0 Å². The predicted molar refractivity (Wildman–Crippen MR) is 127 cm³/mol. The van der Waals surface area contributed by atoms with Crippen LogP contribution in [-0.4, -0.2) is 21.3 Å². The highest BCUT2D eigenvalue weighted by atomic mass is 28.4. The Hall–Kier alpha value is -1.42. The number of benzene rings is 2. The van der Waals surface area contributed by atoms with Crippen LogP contribution in [0.2, 0.25) is 0 Å². The quantitative estimate of drug-likeness (QED) is 0.255. The maximum Gasteiger partial charge on any atom is 0.407 e. The zero-order valence-corrected chi connectivity index (χ0v) is 19.7. The molecule has 0 saturated carbocycles. The summed E-state index contributed by atoms with van der Waals surface area (Å²) in [7, 11) is -2.73. The number of hydrogen-bond acceptors (Lipinski definition) is 2. The van der Waals surface area contributed by atoms with Crippen molar-refractivity contribution >= 4 is 18.9 Å². The van der Waals surface area contributed by atoms with Gasteiger partial charge >= 0.3 is 8.56 Å². The lowest BCUT2D eigenvalue weighted by Gasteiger charge is -2.34. The fourth-order valence-electron chi connectivity index (χ4n) is 3.73. The first-order chi connectivity index (χ1) is 14.2. The van der Waals surface area contributed by atoms with E-state index < -0.39 is 8.56 Å². The molecule has 0 saturated heterocycles. The summed E-state index contributed by atoms with van der Waals surface area (Å²) in [5.74, 6) is 0. The van der Waals surface area contributed by atoms with Crippen molar-refractivity contribution in [3.63, 3.8) is 0 Å². The molecule has 0 bridgehead atoms. The lowest BCUT2D eigenvalue weighted by Crippen LogP contribution is -2.64. The van der Waals surface area contributed by atoms with Crippen molar-refractivity contribution in [1.82, 2.24) is 0 Å². The maximum atomic E-state index is 6.90. The van der Waals surface area contributed by atoms with Crippen LogP contribution in [0.25, 0.3) is 0 Å². The van der Waals surface area contributed by atoms with Gasteiger partial charge < -0.3 is 8.85 Å². The van der Waals surface area contributed by atoms with Crippen LogP contribution in [-0.2, 0) is 8.85 Å². The fraction of sp³-hybridized carbons (Fsp3) is 0.538. The van der Waals surface area contributed by atoms with Gasteiger partial charge in [0.25, 0.3) is 0 Å². The van der Waals surface area contributed by atoms with Crippen molar-refractivity contribution < 1.29 is 8.85 Å². The first-order valence-electron chi connectivity index (χ1n) is 11.7. The van der Waals surface area contributed by atoms with Crippen LogP contribution in [0.15, 0.2) is 60.7 Å². The summed E-state index contributed by atoms with van der Waals surface area (Å²) in [4.78, 5) is 0. The van der Waals surface area contributed by atoms with Gasteiger partial charge in [0.2, 0.25) is 0 Å². The third-order valence-electron chi connectivity index (χ3n) is 5.44. The average Bonchev–Trinajstić information content (AvgIpc) is 2.77. The van der Waals surface area contributed by atoms with E-state index in [1.807, 2.05) is 0 Å². The molecule has 0 spiro atoms. The van der Waals surface area contributed by atoms with E-state index in [1.165, 1.54) is 48.9 Å². The molecule has 2 nitrogen and oxygen atoms in total. The summed E-state index contributed by atoms with van der Waals surface area (Å²) < 4.78 is 13.6. The molecule has 0 N–H and O–H groups in total.